The zero-order valence-electron chi connectivity index (χ0n) is 13.4. The van der Waals surface area contributed by atoms with Crippen LogP contribution in [0.1, 0.15) is 38.3 Å². The number of nitrogens with one attached hydrogen (secondary N) is 1. The maximum Gasteiger partial charge on any atom is 0.331 e. The normalized spacial score (nSPS) is 11.5. The minimum Gasteiger partial charge on any atom is -0.452 e. The molecule has 0 heterocycles. The Labute approximate surface area is 136 Å². The van der Waals surface area contributed by atoms with Gasteiger partial charge in [0.05, 0.1) is 0 Å². The largest absolute Gasteiger partial charge is 0.452 e. The summed E-state index contributed by atoms with van der Waals surface area (Å²) in [5.41, 5.74) is 1.46. The molecule has 1 N–H and O–H groups in total. The van der Waals surface area contributed by atoms with Gasteiger partial charge in [0.15, 0.2) is 6.61 Å². The Hall–Kier alpha value is -1.81. The van der Waals surface area contributed by atoms with Crippen molar-refractivity contribution in [2.45, 2.75) is 39.7 Å². The summed E-state index contributed by atoms with van der Waals surface area (Å²) in [7, 11) is 0. The first-order chi connectivity index (χ1) is 10.2. The van der Waals surface area contributed by atoms with Gasteiger partial charge in [-0.25, -0.2) is 4.79 Å². The van der Waals surface area contributed by atoms with E-state index in [9.17, 15) is 9.59 Å². The smallest absolute Gasteiger partial charge is 0.331 e. The molecule has 0 spiro atoms. The van der Waals surface area contributed by atoms with E-state index in [1.54, 1.807) is 12.1 Å². The summed E-state index contributed by atoms with van der Waals surface area (Å²) < 4.78 is 4.90. The molecule has 0 bridgehead atoms. The fourth-order valence-corrected chi connectivity index (χ4v) is 1.75. The van der Waals surface area contributed by atoms with Crippen LogP contribution in [-0.4, -0.2) is 24.0 Å². The Morgan fingerprint density at radius 1 is 1.36 bits per heavy atom. The standard InChI is InChI=1S/C17H22ClNO3/c1-5-17(3,4)19-15(20)11-22-16(21)9-8-13-7-6-12(2)14(18)10-13/h6-10H,5,11H2,1-4H3,(H,19,20)/b9-8+. The first-order valence-electron chi connectivity index (χ1n) is 7.15. The highest BCUT2D eigenvalue weighted by atomic mass is 35.5. The van der Waals surface area contributed by atoms with Crippen molar-refractivity contribution in [2.24, 2.45) is 0 Å². The summed E-state index contributed by atoms with van der Waals surface area (Å²) in [4.78, 5) is 23.2. The molecule has 0 aliphatic rings. The van der Waals surface area contributed by atoms with E-state index in [1.807, 2.05) is 39.8 Å². The summed E-state index contributed by atoms with van der Waals surface area (Å²) in [5.74, 6) is -0.881. The second-order valence-corrected chi connectivity index (χ2v) is 6.14. The second kappa shape index (κ2) is 7.99. The van der Waals surface area contributed by atoms with Crippen LogP contribution in [0.3, 0.4) is 0 Å². The molecule has 0 aromatic heterocycles. The Morgan fingerprint density at radius 2 is 2.05 bits per heavy atom. The fraction of sp³-hybridized carbons (Fsp3) is 0.412. The molecule has 1 amide bonds. The molecule has 0 aliphatic carbocycles. The number of benzene rings is 1. The van der Waals surface area contributed by atoms with Gasteiger partial charge in [-0.3, -0.25) is 4.79 Å². The lowest BCUT2D eigenvalue weighted by Crippen LogP contribution is -2.44. The first kappa shape index (κ1) is 18.2. The maximum atomic E-state index is 11.6. The van der Waals surface area contributed by atoms with Crippen molar-refractivity contribution in [2.75, 3.05) is 6.61 Å². The molecule has 22 heavy (non-hydrogen) atoms. The highest BCUT2D eigenvalue weighted by Crippen LogP contribution is 2.17. The Balaban J connectivity index is 2.47. The van der Waals surface area contributed by atoms with Crippen molar-refractivity contribution >= 4 is 29.6 Å². The first-order valence-corrected chi connectivity index (χ1v) is 7.53. The summed E-state index contributed by atoms with van der Waals surface area (Å²) in [5, 5.41) is 3.43. The van der Waals surface area contributed by atoms with E-state index < -0.39 is 5.97 Å². The summed E-state index contributed by atoms with van der Waals surface area (Å²) >= 11 is 6.00. The molecule has 0 radical (unpaired) electrons. The number of halogens is 1. The molecule has 5 heteroatoms. The zero-order chi connectivity index (χ0) is 16.8. The molecule has 0 saturated carbocycles. The molecule has 120 valence electrons. The lowest BCUT2D eigenvalue weighted by Gasteiger charge is -2.24. The zero-order valence-corrected chi connectivity index (χ0v) is 14.2. The topological polar surface area (TPSA) is 55.4 Å². The molecule has 4 nitrogen and oxygen atoms in total. The van der Waals surface area contributed by atoms with Gasteiger partial charge in [-0.1, -0.05) is 30.7 Å². The second-order valence-electron chi connectivity index (χ2n) is 5.74. The average molecular weight is 324 g/mol. The number of carbonyl (C=O) groups is 2. The minimum absolute atomic E-state index is 0.290. The van der Waals surface area contributed by atoms with Crippen molar-refractivity contribution in [3.05, 3.63) is 40.4 Å². The Bertz CT molecular complexity index is 579. The number of amides is 1. The minimum atomic E-state index is -0.568. The van der Waals surface area contributed by atoms with Crippen LogP contribution in [0.5, 0.6) is 0 Å². The van der Waals surface area contributed by atoms with Crippen molar-refractivity contribution in [3.8, 4) is 0 Å². The van der Waals surface area contributed by atoms with Gasteiger partial charge in [-0.2, -0.15) is 0 Å². The molecule has 0 aliphatic heterocycles. The predicted octanol–water partition coefficient (Wildman–Crippen LogP) is 3.51. The molecule has 0 unspecified atom stereocenters. The maximum absolute atomic E-state index is 11.6. The number of ether oxygens (including phenoxy) is 1. The average Bonchev–Trinajstić information content (AvgIpc) is 2.46. The van der Waals surface area contributed by atoms with E-state index in [0.717, 1.165) is 17.5 Å². The van der Waals surface area contributed by atoms with Gasteiger partial charge < -0.3 is 10.1 Å². The molecule has 0 fully saturated rings. The van der Waals surface area contributed by atoms with Crippen LogP contribution in [0.25, 0.3) is 6.08 Å². The number of hydrogen-bond donors (Lipinski definition) is 1. The van der Waals surface area contributed by atoms with E-state index in [2.05, 4.69) is 5.32 Å². The Morgan fingerprint density at radius 3 is 2.64 bits per heavy atom. The highest BCUT2D eigenvalue weighted by molar-refractivity contribution is 6.31. The summed E-state index contributed by atoms with van der Waals surface area (Å²) in [6, 6.07) is 5.48. The van der Waals surface area contributed by atoms with E-state index in [-0.39, 0.29) is 18.1 Å². The quantitative estimate of drug-likeness (QED) is 0.644. The van der Waals surface area contributed by atoms with Gasteiger partial charge in [-0.05, 0) is 50.5 Å². The van der Waals surface area contributed by atoms with Crippen molar-refractivity contribution in [1.82, 2.24) is 5.32 Å². The Kier molecular flexibility index (Phi) is 6.62. The third kappa shape index (κ3) is 6.31. The van der Waals surface area contributed by atoms with E-state index in [4.69, 9.17) is 16.3 Å². The summed E-state index contributed by atoms with van der Waals surface area (Å²) in [6.07, 6.45) is 3.67. The van der Waals surface area contributed by atoms with Crippen LogP contribution in [0, 0.1) is 6.92 Å². The molecular formula is C17H22ClNO3. The van der Waals surface area contributed by atoms with E-state index in [1.165, 1.54) is 6.08 Å². The van der Waals surface area contributed by atoms with Gasteiger partial charge in [0, 0.05) is 16.6 Å². The molecular weight excluding hydrogens is 302 g/mol. The number of hydrogen-bond acceptors (Lipinski definition) is 3. The lowest BCUT2D eigenvalue weighted by atomic mass is 10.0. The number of carbonyl (C=O) groups excluding carboxylic acids is 2. The number of rotatable bonds is 6. The molecule has 0 atom stereocenters. The van der Waals surface area contributed by atoms with E-state index in [0.29, 0.717) is 5.02 Å². The molecule has 1 aromatic rings. The fourth-order valence-electron chi connectivity index (χ4n) is 1.56. The van der Waals surface area contributed by atoms with Crippen molar-refractivity contribution < 1.29 is 14.3 Å². The molecule has 1 aromatic carbocycles. The third-order valence-corrected chi connectivity index (χ3v) is 3.72. The third-order valence-electron chi connectivity index (χ3n) is 3.31. The van der Waals surface area contributed by atoms with E-state index >= 15 is 0 Å². The van der Waals surface area contributed by atoms with Crippen LogP contribution >= 0.6 is 11.6 Å². The van der Waals surface area contributed by atoms with Crippen LogP contribution in [-0.2, 0) is 14.3 Å². The lowest BCUT2D eigenvalue weighted by molar-refractivity contribution is -0.144. The van der Waals surface area contributed by atoms with Gasteiger partial charge >= 0.3 is 5.97 Å². The monoisotopic (exact) mass is 323 g/mol. The molecule has 1 rings (SSSR count). The van der Waals surface area contributed by atoms with Crippen LogP contribution in [0.15, 0.2) is 24.3 Å². The predicted molar refractivity (Wildman–Crippen MR) is 88.7 cm³/mol. The van der Waals surface area contributed by atoms with Crippen LogP contribution in [0.4, 0.5) is 0 Å². The summed E-state index contributed by atoms with van der Waals surface area (Å²) in [6.45, 7) is 7.41. The highest BCUT2D eigenvalue weighted by Gasteiger charge is 2.18. The number of esters is 1. The van der Waals surface area contributed by atoms with Crippen LogP contribution < -0.4 is 5.32 Å². The van der Waals surface area contributed by atoms with Gasteiger partial charge in [-0.15, -0.1) is 0 Å². The van der Waals surface area contributed by atoms with Gasteiger partial charge in [0.2, 0.25) is 0 Å². The van der Waals surface area contributed by atoms with Gasteiger partial charge in [0.1, 0.15) is 0 Å². The molecule has 0 saturated heterocycles. The van der Waals surface area contributed by atoms with Gasteiger partial charge in [0.25, 0.3) is 5.91 Å². The van der Waals surface area contributed by atoms with Crippen molar-refractivity contribution in [1.29, 1.82) is 0 Å². The van der Waals surface area contributed by atoms with Crippen LogP contribution in [0.2, 0.25) is 5.02 Å². The SMILES string of the molecule is CCC(C)(C)NC(=O)COC(=O)/C=C/c1ccc(C)c(Cl)c1. The van der Waals surface area contributed by atoms with Crippen molar-refractivity contribution in [3.63, 3.8) is 0 Å². The number of aryl methyl sites for hydroxylation is 1.